The number of nitrogens with zero attached hydrogens (tertiary/aromatic N) is 3. The van der Waals surface area contributed by atoms with Gasteiger partial charge in [0.15, 0.2) is 0 Å². The minimum Gasteiger partial charge on any atom is -0.340 e. The van der Waals surface area contributed by atoms with Crippen molar-refractivity contribution in [2.75, 3.05) is 46.8 Å². The molecule has 0 spiro atoms. The van der Waals surface area contributed by atoms with Crippen LogP contribution in [0, 0.1) is 0 Å². The highest BCUT2D eigenvalue weighted by atomic mass is 16.2. The van der Waals surface area contributed by atoms with Gasteiger partial charge >= 0.3 is 0 Å². The van der Waals surface area contributed by atoms with Crippen LogP contribution in [0.3, 0.4) is 0 Å². The predicted molar refractivity (Wildman–Crippen MR) is 66.5 cm³/mol. The van der Waals surface area contributed by atoms with E-state index in [1.54, 1.807) is 0 Å². The Labute approximate surface area is 99.2 Å². The SMILES string of the molecule is CC(C)N1CCN(C(=O)CCN(C)C)CC1. The highest BCUT2D eigenvalue weighted by Crippen LogP contribution is 2.07. The first-order valence-electron chi connectivity index (χ1n) is 6.17. The van der Waals surface area contributed by atoms with Gasteiger partial charge in [-0.15, -0.1) is 0 Å². The monoisotopic (exact) mass is 227 g/mol. The normalized spacial score (nSPS) is 18.5. The average Bonchev–Trinajstić information content (AvgIpc) is 2.26. The Morgan fingerprint density at radius 2 is 1.75 bits per heavy atom. The van der Waals surface area contributed by atoms with Crippen LogP contribution in [0.15, 0.2) is 0 Å². The van der Waals surface area contributed by atoms with E-state index in [1.165, 1.54) is 0 Å². The maximum atomic E-state index is 11.9. The van der Waals surface area contributed by atoms with Crippen LogP contribution in [0.5, 0.6) is 0 Å². The molecule has 0 N–H and O–H groups in total. The zero-order valence-corrected chi connectivity index (χ0v) is 11.1. The Kier molecular flexibility index (Phi) is 5.22. The molecule has 1 aliphatic rings. The van der Waals surface area contributed by atoms with E-state index in [-0.39, 0.29) is 0 Å². The van der Waals surface area contributed by atoms with E-state index in [0.29, 0.717) is 18.4 Å². The molecular weight excluding hydrogens is 202 g/mol. The summed E-state index contributed by atoms with van der Waals surface area (Å²) >= 11 is 0. The van der Waals surface area contributed by atoms with E-state index in [0.717, 1.165) is 32.7 Å². The Morgan fingerprint density at radius 1 is 1.19 bits per heavy atom. The number of amides is 1. The maximum absolute atomic E-state index is 11.9. The molecule has 1 aliphatic heterocycles. The van der Waals surface area contributed by atoms with Crippen LogP contribution in [-0.2, 0) is 4.79 Å². The number of hydrogen-bond acceptors (Lipinski definition) is 3. The molecule has 0 radical (unpaired) electrons. The number of carbonyl (C=O) groups excluding carboxylic acids is 1. The van der Waals surface area contributed by atoms with Gasteiger partial charge < -0.3 is 9.80 Å². The summed E-state index contributed by atoms with van der Waals surface area (Å²) in [6, 6.07) is 0.596. The van der Waals surface area contributed by atoms with Crippen LogP contribution in [0.25, 0.3) is 0 Å². The van der Waals surface area contributed by atoms with E-state index in [2.05, 4.69) is 23.6 Å². The molecule has 0 aromatic heterocycles. The van der Waals surface area contributed by atoms with Gasteiger partial charge in [0.25, 0.3) is 0 Å². The molecule has 0 saturated carbocycles. The van der Waals surface area contributed by atoms with E-state index in [4.69, 9.17) is 0 Å². The summed E-state index contributed by atoms with van der Waals surface area (Å²) in [6.07, 6.45) is 0.647. The second-order valence-corrected chi connectivity index (χ2v) is 5.06. The van der Waals surface area contributed by atoms with E-state index in [1.807, 2.05) is 19.0 Å². The first-order valence-corrected chi connectivity index (χ1v) is 6.17. The quantitative estimate of drug-likeness (QED) is 0.699. The number of piperazine rings is 1. The summed E-state index contributed by atoms with van der Waals surface area (Å²) in [6.45, 7) is 9.10. The molecule has 0 atom stereocenters. The average molecular weight is 227 g/mol. The molecule has 0 bridgehead atoms. The van der Waals surface area contributed by atoms with Crippen LogP contribution in [-0.4, -0.2) is 73.5 Å². The lowest BCUT2D eigenvalue weighted by Gasteiger charge is -2.37. The van der Waals surface area contributed by atoms with Gasteiger partial charge in [-0.25, -0.2) is 0 Å². The summed E-state index contributed by atoms with van der Waals surface area (Å²) in [5, 5.41) is 0. The Balaban J connectivity index is 2.27. The fraction of sp³-hybridized carbons (Fsp3) is 0.917. The van der Waals surface area contributed by atoms with Gasteiger partial charge in [-0.2, -0.15) is 0 Å². The standard InChI is InChI=1S/C12H25N3O/c1-11(2)14-7-9-15(10-8-14)12(16)5-6-13(3)4/h11H,5-10H2,1-4H3. The molecule has 4 nitrogen and oxygen atoms in total. The lowest BCUT2D eigenvalue weighted by Crippen LogP contribution is -2.51. The van der Waals surface area contributed by atoms with Crippen LogP contribution in [0.4, 0.5) is 0 Å². The van der Waals surface area contributed by atoms with Crippen molar-refractivity contribution in [1.82, 2.24) is 14.7 Å². The lowest BCUT2D eigenvalue weighted by atomic mass is 10.2. The first kappa shape index (κ1) is 13.5. The van der Waals surface area contributed by atoms with Crippen molar-refractivity contribution in [3.05, 3.63) is 0 Å². The van der Waals surface area contributed by atoms with E-state index < -0.39 is 0 Å². The third-order valence-corrected chi connectivity index (χ3v) is 3.17. The predicted octanol–water partition coefficient (Wildman–Crippen LogP) is 0.491. The highest BCUT2D eigenvalue weighted by Gasteiger charge is 2.21. The molecule has 94 valence electrons. The summed E-state index contributed by atoms with van der Waals surface area (Å²) in [5.41, 5.74) is 0. The van der Waals surface area contributed by atoms with Gasteiger partial charge in [0.2, 0.25) is 5.91 Å². The Hall–Kier alpha value is -0.610. The van der Waals surface area contributed by atoms with Crippen molar-refractivity contribution >= 4 is 5.91 Å². The molecule has 0 aromatic carbocycles. The zero-order chi connectivity index (χ0) is 12.1. The third kappa shape index (κ3) is 4.10. The topological polar surface area (TPSA) is 26.8 Å². The third-order valence-electron chi connectivity index (χ3n) is 3.17. The van der Waals surface area contributed by atoms with Crippen molar-refractivity contribution in [2.45, 2.75) is 26.3 Å². The summed E-state index contributed by atoms with van der Waals surface area (Å²) < 4.78 is 0. The lowest BCUT2D eigenvalue weighted by molar-refractivity contribution is -0.133. The van der Waals surface area contributed by atoms with Gasteiger partial charge in [-0.05, 0) is 27.9 Å². The number of hydrogen-bond donors (Lipinski definition) is 0. The summed E-state index contributed by atoms with van der Waals surface area (Å²) in [5.74, 6) is 0.303. The van der Waals surface area contributed by atoms with Gasteiger partial charge in [0.1, 0.15) is 0 Å². The van der Waals surface area contributed by atoms with Crippen molar-refractivity contribution in [3.8, 4) is 0 Å². The zero-order valence-electron chi connectivity index (χ0n) is 11.1. The molecule has 1 saturated heterocycles. The summed E-state index contributed by atoms with van der Waals surface area (Å²) in [4.78, 5) is 18.3. The van der Waals surface area contributed by atoms with Gasteiger partial charge in [-0.3, -0.25) is 9.69 Å². The minimum absolute atomic E-state index is 0.303. The molecule has 4 heteroatoms. The minimum atomic E-state index is 0.303. The molecule has 0 unspecified atom stereocenters. The molecule has 1 amide bonds. The van der Waals surface area contributed by atoms with Gasteiger partial charge in [0, 0.05) is 45.2 Å². The van der Waals surface area contributed by atoms with E-state index >= 15 is 0 Å². The van der Waals surface area contributed by atoms with Crippen molar-refractivity contribution < 1.29 is 4.79 Å². The molecule has 1 rings (SSSR count). The van der Waals surface area contributed by atoms with Crippen LogP contribution in [0.2, 0.25) is 0 Å². The fourth-order valence-electron chi connectivity index (χ4n) is 1.97. The largest absolute Gasteiger partial charge is 0.340 e. The number of rotatable bonds is 4. The first-order chi connectivity index (χ1) is 7.50. The molecule has 1 fully saturated rings. The molecule has 0 aromatic rings. The fourth-order valence-corrected chi connectivity index (χ4v) is 1.97. The number of carbonyl (C=O) groups is 1. The Bertz CT molecular complexity index is 220. The van der Waals surface area contributed by atoms with Crippen LogP contribution >= 0.6 is 0 Å². The van der Waals surface area contributed by atoms with Crippen LogP contribution in [0.1, 0.15) is 20.3 Å². The maximum Gasteiger partial charge on any atom is 0.223 e. The molecule has 0 aliphatic carbocycles. The van der Waals surface area contributed by atoms with Gasteiger partial charge in [-0.1, -0.05) is 0 Å². The molecule has 16 heavy (non-hydrogen) atoms. The van der Waals surface area contributed by atoms with E-state index in [9.17, 15) is 4.79 Å². The van der Waals surface area contributed by atoms with Crippen molar-refractivity contribution in [3.63, 3.8) is 0 Å². The summed E-state index contributed by atoms with van der Waals surface area (Å²) in [7, 11) is 4.01. The molecular formula is C12H25N3O. The highest BCUT2D eigenvalue weighted by molar-refractivity contribution is 5.76. The Morgan fingerprint density at radius 3 is 2.19 bits per heavy atom. The second-order valence-electron chi connectivity index (χ2n) is 5.06. The van der Waals surface area contributed by atoms with Crippen molar-refractivity contribution in [2.24, 2.45) is 0 Å². The smallest absolute Gasteiger partial charge is 0.223 e. The molecule has 1 heterocycles. The van der Waals surface area contributed by atoms with Gasteiger partial charge in [0.05, 0.1) is 0 Å². The van der Waals surface area contributed by atoms with Crippen LogP contribution < -0.4 is 0 Å². The van der Waals surface area contributed by atoms with Crippen molar-refractivity contribution in [1.29, 1.82) is 0 Å². The second kappa shape index (κ2) is 6.21.